The number of allylic oxidation sites excluding steroid dienone is 2. The number of carbonyl (C=O) groups excluding carboxylic acids is 1. The maximum absolute atomic E-state index is 10.7. The van der Waals surface area contributed by atoms with Gasteiger partial charge in [-0.3, -0.25) is 4.79 Å². The summed E-state index contributed by atoms with van der Waals surface area (Å²) in [6.45, 7) is 3.36. The Labute approximate surface area is 79.4 Å². The smallest absolute Gasteiger partial charge is 0.169 e. The van der Waals surface area contributed by atoms with E-state index in [1.165, 1.54) is 6.92 Å². The van der Waals surface area contributed by atoms with Crippen molar-refractivity contribution in [3.8, 4) is 0 Å². The lowest BCUT2D eigenvalue weighted by atomic mass is 10.2. The second-order valence-corrected chi connectivity index (χ2v) is 3.32. The van der Waals surface area contributed by atoms with E-state index < -0.39 is 0 Å². The van der Waals surface area contributed by atoms with E-state index in [9.17, 15) is 4.79 Å². The van der Waals surface area contributed by atoms with Gasteiger partial charge in [-0.2, -0.15) is 0 Å². The number of hydrogen-bond donors (Lipinski definition) is 0. The van der Waals surface area contributed by atoms with Gasteiger partial charge < -0.3 is 4.42 Å². The lowest BCUT2D eigenvalue weighted by molar-refractivity contribution is -0.112. The van der Waals surface area contributed by atoms with Gasteiger partial charge in [-0.1, -0.05) is 0 Å². The zero-order valence-electron chi connectivity index (χ0n) is 6.93. The van der Waals surface area contributed by atoms with Gasteiger partial charge in [0, 0.05) is 0 Å². The second kappa shape index (κ2) is 3.72. The van der Waals surface area contributed by atoms with E-state index in [0.29, 0.717) is 4.67 Å². The van der Waals surface area contributed by atoms with E-state index in [2.05, 4.69) is 15.9 Å². The Bertz CT molecular complexity index is 323. The molecule has 0 fully saturated rings. The van der Waals surface area contributed by atoms with E-state index in [1.54, 1.807) is 12.1 Å². The highest BCUT2D eigenvalue weighted by molar-refractivity contribution is 9.10. The molecular weight excluding hydrogens is 220 g/mol. The van der Waals surface area contributed by atoms with Crippen LogP contribution in [-0.2, 0) is 4.79 Å². The molecule has 0 aliphatic heterocycles. The molecule has 1 heterocycles. The molecule has 1 rings (SSSR count). The molecule has 0 bridgehead atoms. The van der Waals surface area contributed by atoms with Gasteiger partial charge in [0.05, 0.1) is 0 Å². The second-order valence-electron chi connectivity index (χ2n) is 2.54. The Balaban J connectivity index is 2.91. The third kappa shape index (κ3) is 2.34. The molecule has 0 radical (unpaired) electrons. The average molecular weight is 229 g/mol. The van der Waals surface area contributed by atoms with Crippen LogP contribution in [0.4, 0.5) is 0 Å². The maximum atomic E-state index is 10.7. The fraction of sp³-hybridized carbons (Fsp3) is 0.222. The van der Waals surface area contributed by atoms with Crippen LogP contribution in [0, 0.1) is 0 Å². The summed E-state index contributed by atoms with van der Waals surface area (Å²) in [5.74, 6) is 0.747. The van der Waals surface area contributed by atoms with Crippen LogP contribution in [0.3, 0.4) is 0 Å². The van der Waals surface area contributed by atoms with Crippen molar-refractivity contribution in [2.75, 3.05) is 0 Å². The molecule has 0 saturated carbocycles. The van der Waals surface area contributed by atoms with Gasteiger partial charge in [0.15, 0.2) is 10.5 Å². The number of rotatable bonds is 2. The van der Waals surface area contributed by atoms with Crippen molar-refractivity contribution in [3.63, 3.8) is 0 Å². The molecule has 0 unspecified atom stereocenters. The Kier molecular flexibility index (Phi) is 2.87. The standard InChI is InChI=1S/C9H9BrO2/c1-6(5-7(2)11)8-3-4-9(10)12-8/h3-5H,1-2H3/b6-5-. The highest BCUT2D eigenvalue weighted by atomic mass is 79.9. The monoisotopic (exact) mass is 228 g/mol. The number of furan rings is 1. The fourth-order valence-corrected chi connectivity index (χ4v) is 1.21. The van der Waals surface area contributed by atoms with Crippen molar-refractivity contribution in [1.82, 2.24) is 0 Å². The summed E-state index contributed by atoms with van der Waals surface area (Å²) in [5, 5.41) is 0. The summed E-state index contributed by atoms with van der Waals surface area (Å²) in [6, 6.07) is 3.62. The van der Waals surface area contributed by atoms with Crippen molar-refractivity contribution in [2.24, 2.45) is 0 Å². The zero-order chi connectivity index (χ0) is 9.14. The lowest BCUT2D eigenvalue weighted by Gasteiger charge is -1.92. The molecule has 0 atom stereocenters. The minimum absolute atomic E-state index is 0.0278. The highest BCUT2D eigenvalue weighted by Crippen LogP contribution is 2.20. The normalized spacial score (nSPS) is 11.8. The van der Waals surface area contributed by atoms with E-state index in [0.717, 1.165) is 11.3 Å². The van der Waals surface area contributed by atoms with Crippen LogP contribution in [0.15, 0.2) is 27.3 Å². The van der Waals surface area contributed by atoms with Crippen LogP contribution in [0.1, 0.15) is 19.6 Å². The van der Waals surface area contributed by atoms with E-state index in [-0.39, 0.29) is 5.78 Å². The van der Waals surface area contributed by atoms with E-state index >= 15 is 0 Å². The quantitative estimate of drug-likeness (QED) is 0.729. The molecule has 1 aromatic rings. The molecule has 0 aliphatic carbocycles. The number of halogens is 1. The Morgan fingerprint density at radius 1 is 1.50 bits per heavy atom. The van der Waals surface area contributed by atoms with Gasteiger partial charge in [-0.15, -0.1) is 0 Å². The van der Waals surface area contributed by atoms with Crippen molar-refractivity contribution < 1.29 is 9.21 Å². The van der Waals surface area contributed by atoms with E-state index in [4.69, 9.17) is 4.42 Å². The number of carbonyl (C=O) groups is 1. The van der Waals surface area contributed by atoms with Crippen LogP contribution in [0.2, 0.25) is 0 Å². The molecule has 0 aliphatic rings. The Hall–Kier alpha value is -0.830. The number of ketones is 1. The van der Waals surface area contributed by atoms with Gasteiger partial charge >= 0.3 is 0 Å². The molecule has 64 valence electrons. The van der Waals surface area contributed by atoms with Crippen LogP contribution in [-0.4, -0.2) is 5.78 Å². The third-order valence-corrected chi connectivity index (χ3v) is 1.81. The molecule has 1 aromatic heterocycles. The lowest BCUT2D eigenvalue weighted by Crippen LogP contribution is -1.83. The van der Waals surface area contributed by atoms with Gasteiger partial charge in [0.25, 0.3) is 0 Å². The number of hydrogen-bond acceptors (Lipinski definition) is 2. The Morgan fingerprint density at radius 2 is 2.17 bits per heavy atom. The van der Waals surface area contributed by atoms with Crippen LogP contribution < -0.4 is 0 Å². The molecule has 12 heavy (non-hydrogen) atoms. The largest absolute Gasteiger partial charge is 0.450 e. The van der Waals surface area contributed by atoms with Gasteiger partial charge in [-0.05, 0) is 53.6 Å². The molecule has 0 aromatic carbocycles. The summed E-state index contributed by atoms with van der Waals surface area (Å²) in [6.07, 6.45) is 1.55. The molecule has 0 saturated heterocycles. The summed E-state index contributed by atoms with van der Waals surface area (Å²) in [4.78, 5) is 10.7. The average Bonchev–Trinajstić information content (AvgIpc) is 2.34. The SMILES string of the molecule is CC(=O)/C=C(/C)c1ccc(Br)o1. The van der Waals surface area contributed by atoms with Crippen LogP contribution in [0.25, 0.3) is 5.57 Å². The van der Waals surface area contributed by atoms with Crippen molar-refractivity contribution in [3.05, 3.63) is 28.6 Å². The highest BCUT2D eigenvalue weighted by Gasteiger charge is 2.01. The van der Waals surface area contributed by atoms with Gasteiger partial charge in [0.1, 0.15) is 5.76 Å². The van der Waals surface area contributed by atoms with Crippen LogP contribution >= 0.6 is 15.9 Å². The van der Waals surface area contributed by atoms with Gasteiger partial charge in [-0.25, -0.2) is 0 Å². The first kappa shape index (κ1) is 9.26. The first-order valence-electron chi connectivity index (χ1n) is 3.54. The van der Waals surface area contributed by atoms with Crippen molar-refractivity contribution >= 4 is 27.3 Å². The molecule has 2 nitrogen and oxygen atoms in total. The predicted octanol–water partition coefficient (Wildman–Crippen LogP) is 3.03. The maximum Gasteiger partial charge on any atom is 0.169 e. The van der Waals surface area contributed by atoms with Gasteiger partial charge in [0.2, 0.25) is 0 Å². The first-order valence-corrected chi connectivity index (χ1v) is 4.33. The molecule has 0 spiro atoms. The predicted molar refractivity (Wildman–Crippen MR) is 50.7 cm³/mol. The van der Waals surface area contributed by atoms with Crippen molar-refractivity contribution in [2.45, 2.75) is 13.8 Å². The fourth-order valence-electron chi connectivity index (χ4n) is 0.902. The summed E-state index contributed by atoms with van der Waals surface area (Å²) in [7, 11) is 0. The summed E-state index contributed by atoms with van der Waals surface area (Å²) in [5.41, 5.74) is 0.841. The Morgan fingerprint density at radius 3 is 2.58 bits per heavy atom. The minimum Gasteiger partial charge on any atom is -0.450 e. The van der Waals surface area contributed by atoms with Crippen molar-refractivity contribution in [1.29, 1.82) is 0 Å². The third-order valence-electron chi connectivity index (χ3n) is 1.38. The molecule has 0 N–H and O–H groups in total. The zero-order valence-corrected chi connectivity index (χ0v) is 8.51. The minimum atomic E-state index is 0.0278. The first-order chi connectivity index (χ1) is 5.59. The topological polar surface area (TPSA) is 30.2 Å². The van der Waals surface area contributed by atoms with Crippen LogP contribution in [0.5, 0.6) is 0 Å². The summed E-state index contributed by atoms with van der Waals surface area (Å²) < 4.78 is 5.92. The van der Waals surface area contributed by atoms with E-state index in [1.807, 2.05) is 13.0 Å². The molecular formula is C9H9BrO2. The molecule has 0 amide bonds. The summed E-state index contributed by atoms with van der Waals surface area (Å²) >= 11 is 3.19. The molecule has 3 heteroatoms.